The molecule has 15 aromatic carbocycles. The molecule has 0 amide bonds. The van der Waals surface area contributed by atoms with E-state index >= 15 is 0 Å². The Morgan fingerprint density at radius 1 is 0.157 bits per heavy atom. The smallest absolute Gasteiger partial charge is 0.00201 e. The summed E-state index contributed by atoms with van der Waals surface area (Å²) in [6, 6.07) is 95.4. The molecule has 0 radical (unpaired) electrons. The molecule has 15 rings (SSSR count). The van der Waals surface area contributed by atoms with Crippen LogP contribution in [0.5, 0.6) is 0 Å². The van der Waals surface area contributed by atoms with E-state index in [9.17, 15) is 0 Å². The Bertz CT molecular complexity index is 4560. The Morgan fingerprint density at radius 2 is 0.514 bits per heavy atom. The van der Waals surface area contributed by atoms with E-state index in [0.29, 0.717) is 0 Å². The highest BCUT2D eigenvalue weighted by Gasteiger charge is 2.21. The van der Waals surface area contributed by atoms with Crippen molar-refractivity contribution >= 4 is 97.0 Å². The first-order valence-corrected chi connectivity index (χ1v) is 24.4. The van der Waals surface area contributed by atoms with Crippen molar-refractivity contribution in [2.75, 3.05) is 0 Å². The zero-order valence-corrected chi connectivity index (χ0v) is 38.2. The van der Waals surface area contributed by atoms with Crippen molar-refractivity contribution in [1.82, 2.24) is 0 Å². The van der Waals surface area contributed by atoms with Gasteiger partial charge in [0.1, 0.15) is 0 Å². The molecule has 0 aliphatic carbocycles. The molecule has 322 valence electrons. The quantitative estimate of drug-likeness (QED) is 0.119. The molecule has 0 aliphatic heterocycles. The van der Waals surface area contributed by atoms with Crippen molar-refractivity contribution in [3.63, 3.8) is 0 Å². The third-order valence-corrected chi connectivity index (χ3v) is 15.3. The van der Waals surface area contributed by atoms with Crippen LogP contribution in [-0.4, -0.2) is 0 Å². The molecule has 0 spiro atoms. The standard InChI is InChI=1S/C70H42/c1-3-14-50-40-53(32-26-43(50)12-1)67-55-18-5-6-19-56(55)68(54-33-27-44-13-2-4-15-51(44)41-54)64-42-52(36-39-63(64)67)45-24-28-48(29-25-45)66-57-20-7-9-22-59(57)70(60-23-10-8-21-58(60)66)62-38-35-49-31-30-46-16-11-17-47-34-37-61(62)69(49)65(46)47/h1-42H. The van der Waals surface area contributed by atoms with Gasteiger partial charge in [-0.05, 0) is 171 Å². The van der Waals surface area contributed by atoms with Gasteiger partial charge in [-0.15, -0.1) is 0 Å². The van der Waals surface area contributed by atoms with E-state index in [0.717, 1.165) is 0 Å². The van der Waals surface area contributed by atoms with Gasteiger partial charge in [-0.1, -0.05) is 237 Å². The fraction of sp³-hybridized carbons (Fsp3) is 0. The molecule has 0 aliphatic rings. The van der Waals surface area contributed by atoms with Crippen molar-refractivity contribution in [1.29, 1.82) is 0 Å². The molecule has 70 heavy (non-hydrogen) atoms. The van der Waals surface area contributed by atoms with E-state index in [1.807, 2.05) is 0 Å². The predicted octanol–water partition coefficient (Wildman–Crippen LogP) is 19.8. The van der Waals surface area contributed by atoms with Gasteiger partial charge in [0.15, 0.2) is 0 Å². The molecule has 0 atom stereocenters. The van der Waals surface area contributed by atoms with Crippen LogP contribution in [0.2, 0.25) is 0 Å². The third kappa shape index (κ3) is 5.84. The van der Waals surface area contributed by atoms with Crippen LogP contribution in [0.4, 0.5) is 0 Å². The first-order valence-electron chi connectivity index (χ1n) is 24.4. The Morgan fingerprint density at radius 3 is 1.09 bits per heavy atom. The molecule has 0 heteroatoms. The van der Waals surface area contributed by atoms with E-state index < -0.39 is 0 Å². The fourth-order valence-corrected chi connectivity index (χ4v) is 12.2. The molecular formula is C70H42. The van der Waals surface area contributed by atoms with E-state index in [1.165, 1.54) is 153 Å². The van der Waals surface area contributed by atoms with Gasteiger partial charge in [0.05, 0.1) is 0 Å². The number of fused-ring (bicyclic) bond motifs is 6. The van der Waals surface area contributed by atoms with Crippen molar-refractivity contribution in [3.05, 3.63) is 255 Å². The van der Waals surface area contributed by atoms with Gasteiger partial charge in [0.25, 0.3) is 0 Å². The topological polar surface area (TPSA) is 0 Å². The maximum absolute atomic E-state index is 2.45. The second-order valence-corrected chi connectivity index (χ2v) is 19.1. The van der Waals surface area contributed by atoms with Gasteiger partial charge < -0.3 is 0 Å². The van der Waals surface area contributed by atoms with Gasteiger partial charge in [-0.25, -0.2) is 0 Å². The Balaban J connectivity index is 0.922. The lowest BCUT2D eigenvalue weighted by Crippen LogP contribution is -1.93. The highest BCUT2D eigenvalue weighted by atomic mass is 14.2. The SMILES string of the molecule is c1ccc2cc(-c3c4ccccc4c(-c4ccc5ccccc5c4)c4cc(-c5ccc(-c6c7ccccc7c(-c7ccc8ccc9cccc%10ccc7c8c9%10)c7ccccc67)cc5)ccc34)ccc2c1. The largest absolute Gasteiger partial charge is 0.0616 e. The molecule has 0 heterocycles. The number of rotatable bonds is 5. The Hall–Kier alpha value is -9.10. The molecule has 15 aromatic rings. The molecule has 0 bridgehead atoms. The molecule has 0 N–H and O–H groups in total. The van der Waals surface area contributed by atoms with Crippen LogP contribution in [0.1, 0.15) is 0 Å². The lowest BCUT2D eigenvalue weighted by Gasteiger charge is -2.20. The summed E-state index contributed by atoms with van der Waals surface area (Å²) < 4.78 is 0. The average Bonchev–Trinajstić information content (AvgIpc) is 3.43. The first-order chi connectivity index (χ1) is 34.7. The minimum atomic E-state index is 1.19. The monoisotopic (exact) mass is 882 g/mol. The maximum atomic E-state index is 2.45. The summed E-state index contributed by atoms with van der Waals surface area (Å²) in [6.07, 6.45) is 0. The van der Waals surface area contributed by atoms with E-state index in [2.05, 4.69) is 255 Å². The summed E-state index contributed by atoms with van der Waals surface area (Å²) in [6.45, 7) is 0. The number of benzene rings is 15. The maximum Gasteiger partial charge on any atom is -0.00201 e. The molecule has 0 fully saturated rings. The van der Waals surface area contributed by atoms with Crippen molar-refractivity contribution < 1.29 is 0 Å². The molecule has 0 nitrogen and oxygen atoms in total. The number of hydrogen-bond acceptors (Lipinski definition) is 0. The first kappa shape index (κ1) is 38.9. The summed E-state index contributed by atoms with van der Waals surface area (Å²) in [5.74, 6) is 0. The van der Waals surface area contributed by atoms with E-state index in [4.69, 9.17) is 0 Å². The lowest BCUT2D eigenvalue weighted by molar-refractivity contribution is 1.62. The average molecular weight is 883 g/mol. The zero-order chi connectivity index (χ0) is 45.9. The molecule has 0 unspecified atom stereocenters. The number of hydrogen-bond donors (Lipinski definition) is 0. The third-order valence-electron chi connectivity index (χ3n) is 15.3. The summed E-state index contributed by atoms with van der Waals surface area (Å²) >= 11 is 0. The van der Waals surface area contributed by atoms with Crippen molar-refractivity contribution in [2.24, 2.45) is 0 Å². The van der Waals surface area contributed by atoms with Crippen molar-refractivity contribution in [2.45, 2.75) is 0 Å². The van der Waals surface area contributed by atoms with Crippen LogP contribution in [0.3, 0.4) is 0 Å². The highest BCUT2D eigenvalue weighted by molar-refractivity contribution is 6.30. The molecule has 0 saturated heterocycles. The Labute approximate surface area is 405 Å². The van der Waals surface area contributed by atoms with Crippen molar-refractivity contribution in [3.8, 4) is 55.6 Å². The zero-order valence-electron chi connectivity index (χ0n) is 38.2. The van der Waals surface area contributed by atoms with Crippen LogP contribution in [-0.2, 0) is 0 Å². The van der Waals surface area contributed by atoms with Crippen LogP contribution < -0.4 is 0 Å². The summed E-state index contributed by atoms with van der Waals surface area (Å²) in [7, 11) is 0. The normalized spacial score (nSPS) is 12.0. The van der Waals surface area contributed by atoms with Gasteiger partial charge in [-0.3, -0.25) is 0 Å². The predicted molar refractivity (Wildman–Crippen MR) is 302 cm³/mol. The van der Waals surface area contributed by atoms with Crippen LogP contribution in [0, 0.1) is 0 Å². The minimum absolute atomic E-state index is 1.19. The second-order valence-electron chi connectivity index (χ2n) is 19.1. The summed E-state index contributed by atoms with van der Waals surface area (Å²) in [4.78, 5) is 0. The summed E-state index contributed by atoms with van der Waals surface area (Å²) in [5.41, 5.74) is 12.4. The van der Waals surface area contributed by atoms with Crippen LogP contribution in [0.15, 0.2) is 255 Å². The fourth-order valence-electron chi connectivity index (χ4n) is 12.2. The van der Waals surface area contributed by atoms with Gasteiger partial charge in [0.2, 0.25) is 0 Å². The summed E-state index contributed by atoms with van der Waals surface area (Å²) in [5, 5.41) is 22.9. The Kier molecular flexibility index (Phi) is 8.46. The van der Waals surface area contributed by atoms with Gasteiger partial charge in [-0.2, -0.15) is 0 Å². The highest BCUT2D eigenvalue weighted by Crippen LogP contribution is 2.49. The lowest BCUT2D eigenvalue weighted by atomic mass is 9.83. The molecule has 0 saturated carbocycles. The van der Waals surface area contributed by atoms with Gasteiger partial charge >= 0.3 is 0 Å². The van der Waals surface area contributed by atoms with Crippen LogP contribution >= 0.6 is 0 Å². The second kappa shape index (κ2) is 15.2. The van der Waals surface area contributed by atoms with Crippen LogP contribution in [0.25, 0.3) is 153 Å². The van der Waals surface area contributed by atoms with E-state index in [1.54, 1.807) is 0 Å². The van der Waals surface area contributed by atoms with E-state index in [-0.39, 0.29) is 0 Å². The van der Waals surface area contributed by atoms with Gasteiger partial charge in [0, 0.05) is 0 Å². The minimum Gasteiger partial charge on any atom is -0.0616 e. The molecule has 0 aromatic heterocycles. The molecular weight excluding hydrogens is 841 g/mol.